The molecule has 0 unspecified atom stereocenters. The van der Waals surface area contributed by atoms with Gasteiger partial charge in [0, 0.05) is 37.5 Å². The smallest absolute Gasteiger partial charge is 0.251 e. The Kier molecular flexibility index (Phi) is 12.3. The van der Waals surface area contributed by atoms with Crippen LogP contribution in [-0.4, -0.2) is 66.7 Å². The molecule has 0 aromatic heterocycles. The third kappa shape index (κ3) is 10.0. The van der Waals surface area contributed by atoms with E-state index in [1.165, 1.54) is 0 Å². The molecular formula is C26H40N4O4. The largest absolute Gasteiger partial charge is 0.351 e. The summed E-state index contributed by atoms with van der Waals surface area (Å²) in [5.41, 5.74) is 0.477. The highest BCUT2D eigenvalue weighted by Gasteiger charge is 2.25. The Morgan fingerprint density at radius 2 is 1.71 bits per heavy atom. The number of nitrogens with zero attached hydrogens (tertiary/aromatic N) is 1. The van der Waals surface area contributed by atoms with Gasteiger partial charge in [0.05, 0.1) is 6.54 Å². The number of ketones is 1. The molecule has 0 aliphatic carbocycles. The molecule has 0 radical (unpaired) electrons. The second-order valence-corrected chi connectivity index (χ2v) is 8.88. The molecule has 3 amide bonds. The molecule has 0 saturated carbocycles. The molecule has 188 valence electrons. The first-order valence-electron chi connectivity index (χ1n) is 12.6. The maximum Gasteiger partial charge on any atom is 0.251 e. The zero-order valence-corrected chi connectivity index (χ0v) is 20.6. The number of piperidine rings is 1. The van der Waals surface area contributed by atoms with E-state index in [4.69, 9.17) is 0 Å². The second-order valence-electron chi connectivity index (χ2n) is 8.88. The van der Waals surface area contributed by atoms with E-state index in [2.05, 4.69) is 27.8 Å². The number of hydrogen-bond acceptors (Lipinski definition) is 5. The van der Waals surface area contributed by atoms with Gasteiger partial charge >= 0.3 is 0 Å². The summed E-state index contributed by atoms with van der Waals surface area (Å²) in [5, 5.41) is 8.51. The fourth-order valence-corrected chi connectivity index (χ4v) is 4.09. The summed E-state index contributed by atoms with van der Waals surface area (Å²) < 4.78 is 0. The summed E-state index contributed by atoms with van der Waals surface area (Å²) >= 11 is 0. The summed E-state index contributed by atoms with van der Waals surface area (Å²) in [6.45, 7) is 6.71. The Hall–Kier alpha value is -2.74. The summed E-state index contributed by atoms with van der Waals surface area (Å²) in [4.78, 5) is 51.6. The number of benzene rings is 1. The number of unbranched alkanes of at least 4 members (excludes halogenated alkanes) is 2. The highest BCUT2D eigenvalue weighted by molar-refractivity contribution is 5.97. The lowest BCUT2D eigenvalue weighted by Crippen LogP contribution is -2.53. The normalized spacial score (nSPS) is 15.4. The highest BCUT2D eigenvalue weighted by Crippen LogP contribution is 2.12. The lowest BCUT2D eigenvalue weighted by molar-refractivity contribution is -0.129. The Morgan fingerprint density at radius 3 is 2.35 bits per heavy atom. The second kappa shape index (κ2) is 15.2. The average molecular weight is 473 g/mol. The van der Waals surface area contributed by atoms with Crippen molar-refractivity contribution in [1.82, 2.24) is 20.9 Å². The van der Waals surface area contributed by atoms with Crippen molar-refractivity contribution in [3.8, 4) is 0 Å². The van der Waals surface area contributed by atoms with Crippen LogP contribution in [0.4, 0.5) is 0 Å². The van der Waals surface area contributed by atoms with E-state index in [1.807, 2.05) is 13.0 Å². The van der Waals surface area contributed by atoms with Crippen LogP contribution in [0.25, 0.3) is 0 Å². The molecule has 1 aliphatic rings. The molecule has 1 aromatic carbocycles. The van der Waals surface area contributed by atoms with Crippen LogP contribution in [0.1, 0.15) is 75.6 Å². The Balaban J connectivity index is 1.85. The standard InChI is InChI=1S/C26H40N4O4/c1-3-22(31)13-9-6-10-14-23(26(34)28-21-15-17-30(4-2)18-16-21)29-24(32)19-27-25(33)20-11-7-5-8-12-20/h5,7-8,11-12,21,23H,3-4,6,9-10,13-19H2,1-2H3,(H,27,33)(H,28,34)(H,29,32)/t23-/m0/s1. The van der Waals surface area contributed by atoms with Gasteiger partial charge in [-0.2, -0.15) is 0 Å². The third-order valence-corrected chi connectivity index (χ3v) is 6.32. The maximum atomic E-state index is 13.0. The van der Waals surface area contributed by atoms with Crippen molar-refractivity contribution in [1.29, 1.82) is 0 Å². The third-order valence-electron chi connectivity index (χ3n) is 6.32. The molecule has 8 nitrogen and oxygen atoms in total. The highest BCUT2D eigenvalue weighted by atomic mass is 16.2. The van der Waals surface area contributed by atoms with Crippen LogP contribution < -0.4 is 16.0 Å². The van der Waals surface area contributed by atoms with Crippen LogP contribution in [-0.2, 0) is 14.4 Å². The minimum Gasteiger partial charge on any atom is -0.351 e. The SMILES string of the molecule is CCC(=O)CCCCC[C@H](NC(=O)CNC(=O)c1ccccc1)C(=O)NC1CCN(CC)CC1. The molecule has 0 bridgehead atoms. The van der Waals surface area contributed by atoms with Gasteiger partial charge in [-0.05, 0) is 44.4 Å². The van der Waals surface area contributed by atoms with Crippen LogP contribution in [0.3, 0.4) is 0 Å². The van der Waals surface area contributed by atoms with Crippen LogP contribution in [0.15, 0.2) is 30.3 Å². The molecular weight excluding hydrogens is 432 g/mol. The van der Waals surface area contributed by atoms with Crippen molar-refractivity contribution >= 4 is 23.5 Å². The molecule has 34 heavy (non-hydrogen) atoms. The number of amides is 3. The molecule has 1 aliphatic heterocycles. The summed E-state index contributed by atoms with van der Waals surface area (Å²) in [7, 11) is 0. The molecule has 1 heterocycles. The first-order chi connectivity index (χ1) is 16.4. The summed E-state index contributed by atoms with van der Waals surface area (Å²) in [6, 6.07) is 8.13. The number of nitrogens with one attached hydrogen (secondary N) is 3. The van der Waals surface area contributed by atoms with Crippen molar-refractivity contribution < 1.29 is 19.2 Å². The van der Waals surface area contributed by atoms with Crippen LogP contribution in [0.2, 0.25) is 0 Å². The molecule has 3 N–H and O–H groups in total. The van der Waals surface area contributed by atoms with Crippen LogP contribution >= 0.6 is 0 Å². The number of carbonyl (C=O) groups excluding carboxylic acids is 4. The van der Waals surface area contributed by atoms with Crippen LogP contribution in [0.5, 0.6) is 0 Å². The fraction of sp³-hybridized carbons (Fsp3) is 0.615. The van der Waals surface area contributed by atoms with Gasteiger partial charge in [0.25, 0.3) is 5.91 Å². The molecule has 1 fully saturated rings. The van der Waals surface area contributed by atoms with E-state index in [-0.39, 0.29) is 30.2 Å². The zero-order chi connectivity index (χ0) is 24.8. The first kappa shape index (κ1) is 27.5. The maximum absolute atomic E-state index is 13.0. The average Bonchev–Trinajstić information content (AvgIpc) is 2.87. The molecule has 1 atom stereocenters. The van der Waals surface area contributed by atoms with Crippen molar-refractivity contribution in [2.45, 2.75) is 77.3 Å². The minimum absolute atomic E-state index is 0.106. The van der Waals surface area contributed by atoms with E-state index in [0.717, 1.165) is 51.7 Å². The van der Waals surface area contributed by atoms with Gasteiger partial charge < -0.3 is 20.9 Å². The van der Waals surface area contributed by atoms with Crippen molar-refractivity contribution in [2.75, 3.05) is 26.2 Å². The Morgan fingerprint density at radius 1 is 1.00 bits per heavy atom. The Labute approximate surface area is 203 Å². The predicted molar refractivity (Wildman–Crippen MR) is 132 cm³/mol. The number of rotatable bonds is 14. The quantitative estimate of drug-likeness (QED) is 0.361. The first-order valence-corrected chi connectivity index (χ1v) is 12.6. The van der Waals surface area contributed by atoms with Gasteiger partial charge in [-0.1, -0.05) is 44.9 Å². The molecule has 2 rings (SSSR count). The van der Waals surface area contributed by atoms with Crippen molar-refractivity contribution in [3.63, 3.8) is 0 Å². The lowest BCUT2D eigenvalue weighted by Gasteiger charge is -2.32. The number of Topliss-reactive ketones (excluding diaryl/α,β-unsaturated/α-hetero) is 1. The van der Waals surface area contributed by atoms with Gasteiger partial charge in [0.15, 0.2) is 0 Å². The van der Waals surface area contributed by atoms with Gasteiger partial charge in [-0.15, -0.1) is 0 Å². The number of likely N-dealkylation sites (tertiary alicyclic amines) is 1. The van der Waals surface area contributed by atoms with E-state index in [0.29, 0.717) is 24.8 Å². The number of carbonyl (C=O) groups is 4. The number of hydrogen-bond donors (Lipinski definition) is 3. The van der Waals surface area contributed by atoms with E-state index < -0.39 is 11.9 Å². The molecule has 1 aromatic rings. The molecule has 8 heteroatoms. The lowest BCUT2D eigenvalue weighted by atomic mass is 10.0. The van der Waals surface area contributed by atoms with E-state index in [1.54, 1.807) is 24.3 Å². The van der Waals surface area contributed by atoms with E-state index in [9.17, 15) is 19.2 Å². The minimum atomic E-state index is -0.660. The molecule has 1 saturated heterocycles. The topological polar surface area (TPSA) is 108 Å². The zero-order valence-electron chi connectivity index (χ0n) is 20.6. The Bertz CT molecular complexity index is 791. The predicted octanol–water partition coefficient (Wildman–Crippen LogP) is 2.43. The van der Waals surface area contributed by atoms with E-state index >= 15 is 0 Å². The van der Waals surface area contributed by atoms with Gasteiger partial charge in [-0.25, -0.2) is 0 Å². The van der Waals surface area contributed by atoms with Crippen molar-refractivity contribution in [2.24, 2.45) is 0 Å². The fourth-order valence-electron chi connectivity index (χ4n) is 4.09. The van der Waals surface area contributed by atoms with Crippen molar-refractivity contribution in [3.05, 3.63) is 35.9 Å². The van der Waals surface area contributed by atoms with Gasteiger partial charge in [0.1, 0.15) is 11.8 Å². The van der Waals surface area contributed by atoms with Crippen LogP contribution in [0, 0.1) is 0 Å². The summed E-state index contributed by atoms with van der Waals surface area (Å²) in [6.07, 6.45) is 5.74. The molecule has 0 spiro atoms. The van der Waals surface area contributed by atoms with Gasteiger partial charge in [0.2, 0.25) is 11.8 Å². The van der Waals surface area contributed by atoms with Gasteiger partial charge in [-0.3, -0.25) is 19.2 Å². The summed E-state index contributed by atoms with van der Waals surface area (Å²) in [5.74, 6) is -0.663. The monoisotopic (exact) mass is 472 g/mol.